The summed E-state index contributed by atoms with van der Waals surface area (Å²) >= 11 is 1.32. The molecule has 0 aliphatic heterocycles. The van der Waals surface area contributed by atoms with E-state index in [0.29, 0.717) is 11.7 Å². The molecule has 1 aromatic carbocycles. The van der Waals surface area contributed by atoms with E-state index in [0.717, 1.165) is 16.1 Å². The van der Waals surface area contributed by atoms with Gasteiger partial charge in [0, 0.05) is 12.1 Å². The van der Waals surface area contributed by atoms with Crippen molar-refractivity contribution in [2.45, 2.75) is 33.2 Å². The van der Waals surface area contributed by atoms with Gasteiger partial charge >= 0.3 is 0 Å². The Morgan fingerprint density at radius 2 is 2.04 bits per heavy atom. The third-order valence-corrected chi connectivity index (χ3v) is 4.99. The number of anilines is 1. The van der Waals surface area contributed by atoms with Gasteiger partial charge in [-0.15, -0.1) is 10.2 Å². The lowest BCUT2D eigenvalue weighted by atomic mass is 10.1. The largest absolute Gasteiger partial charge is 0.310 e. The van der Waals surface area contributed by atoms with E-state index in [-0.39, 0.29) is 17.0 Å². The molecule has 6 nitrogen and oxygen atoms in total. The molecule has 1 N–H and O–H groups in total. The summed E-state index contributed by atoms with van der Waals surface area (Å²) < 4.78 is 1.53. The van der Waals surface area contributed by atoms with Crippen LogP contribution in [-0.4, -0.2) is 20.7 Å². The number of pyridine rings is 1. The lowest BCUT2D eigenvalue weighted by Crippen LogP contribution is -2.29. The molecule has 26 heavy (non-hydrogen) atoms. The van der Waals surface area contributed by atoms with Crippen LogP contribution in [0.5, 0.6) is 0 Å². The zero-order valence-electron chi connectivity index (χ0n) is 14.9. The first-order chi connectivity index (χ1) is 12.4. The Labute approximate surface area is 155 Å². The molecule has 0 spiro atoms. The Balaban J connectivity index is 1.81. The lowest BCUT2D eigenvalue weighted by Gasteiger charge is -2.08. The van der Waals surface area contributed by atoms with Gasteiger partial charge in [0.15, 0.2) is 0 Å². The monoisotopic (exact) mass is 368 g/mol. The van der Waals surface area contributed by atoms with Crippen LogP contribution in [0.3, 0.4) is 0 Å². The number of hydrogen-bond acceptors (Lipinski definition) is 5. The second-order valence-corrected chi connectivity index (χ2v) is 7.41. The Morgan fingerprint density at radius 3 is 2.73 bits per heavy atom. The van der Waals surface area contributed by atoms with Crippen molar-refractivity contribution < 1.29 is 4.79 Å². The molecule has 7 heteroatoms. The number of benzene rings is 1. The number of amides is 1. The van der Waals surface area contributed by atoms with E-state index in [1.165, 1.54) is 22.0 Å². The minimum Gasteiger partial charge on any atom is -0.310 e. The molecule has 3 rings (SSSR count). The van der Waals surface area contributed by atoms with Crippen molar-refractivity contribution in [2.24, 2.45) is 0 Å². The SMILES string of the molecule is Cc1cccc(Cn2cccc(C(=O)Nc3nnc(C(C)C)s3)c2=O)c1. The van der Waals surface area contributed by atoms with Crippen LogP contribution in [0.4, 0.5) is 5.13 Å². The van der Waals surface area contributed by atoms with Crippen molar-refractivity contribution >= 4 is 22.4 Å². The number of rotatable bonds is 5. The van der Waals surface area contributed by atoms with E-state index in [4.69, 9.17) is 0 Å². The molecule has 0 unspecified atom stereocenters. The zero-order valence-corrected chi connectivity index (χ0v) is 15.7. The third kappa shape index (κ3) is 4.05. The van der Waals surface area contributed by atoms with Gasteiger partial charge in [-0.3, -0.25) is 14.9 Å². The molecule has 0 saturated carbocycles. The normalized spacial score (nSPS) is 10.9. The predicted octanol–water partition coefficient (Wildman–Crippen LogP) is 3.43. The molecule has 1 amide bonds. The van der Waals surface area contributed by atoms with Crippen LogP contribution in [0.1, 0.15) is 46.3 Å². The minimum atomic E-state index is -0.472. The van der Waals surface area contributed by atoms with Crippen molar-refractivity contribution in [2.75, 3.05) is 5.32 Å². The maximum absolute atomic E-state index is 12.7. The summed E-state index contributed by atoms with van der Waals surface area (Å²) in [5, 5.41) is 11.9. The molecule has 0 aliphatic carbocycles. The van der Waals surface area contributed by atoms with Crippen molar-refractivity contribution in [3.63, 3.8) is 0 Å². The number of aromatic nitrogens is 3. The average Bonchev–Trinajstić information content (AvgIpc) is 3.05. The van der Waals surface area contributed by atoms with Crippen LogP contribution in [0.2, 0.25) is 0 Å². The van der Waals surface area contributed by atoms with Gasteiger partial charge in [-0.2, -0.15) is 0 Å². The van der Waals surface area contributed by atoms with Crippen molar-refractivity contribution in [3.8, 4) is 0 Å². The summed E-state index contributed by atoms with van der Waals surface area (Å²) in [4.78, 5) is 25.2. The standard InChI is InChI=1S/C19H20N4O2S/c1-12(2)17-21-22-19(26-17)20-16(24)15-8-5-9-23(18(15)25)11-14-7-4-6-13(3)10-14/h4-10,12H,11H2,1-3H3,(H,20,22,24). The molecule has 3 aromatic rings. The summed E-state index contributed by atoms with van der Waals surface area (Å²) in [5.74, 6) is -0.235. The maximum atomic E-state index is 12.7. The molecule has 0 radical (unpaired) electrons. The van der Waals surface area contributed by atoms with Crippen molar-refractivity contribution in [3.05, 3.63) is 74.6 Å². The van der Waals surface area contributed by atoms with Crippen LogP contribution in [-0.2, 0) is 6.54 Å². The van der Waals surface area contributed by atoms with E-state index in [1.807, 2.05) is 45.0 Å². The predicted molar refractivity (Wildman–Crippen MR) is 103 cm³/mol. The van der Waals surface area contributed by atoms with Crippen LogP contribution in [0.25, 0.3) is 0 Å². The number of hydrogen-bond donors (Lipinski definition) is 1. The first kappa shape index (κ1) is 18.0. The Morgan fingerprint density at radius 1 is 1.23 bits per heavy atom. The summed E-state index contributed by atoms with van der Waals surface area (Å²) in [7, 11) is 0. The fraction of sp³-hybridized carbons (Fsp3) is 0.263. The number of nitrogens with one attached hydrogen (secondary N) is 1. The number of carbonyl (C=O) groups excluding carboxylic acids is 1. The summed E-state index contributed by atoms with van der Waals surface area (Å²) in [6.07, 6.45) is 1.68. The van der Waals surface area contributed by atoms with E-state index >= 15 is 0 Å². The minimum absolute atomic E-state index is 0.0847. The molecule has 134 valence electrons. The summed E-state index contributed by atoms with van der Waals surface area (Å²) in [6.45, 7) is 6.43. The van der Waals surface area contributed by atoms with Crippen molar-refractivity contribution in [1.82, 2.24) is 14.8 Å². The third-order valence-electron chi connectivity index (χ3n) is 3.86. The van der Waals surface area contributed by atoms with Crippen molar-refractivity contribution in [1.29, 1.82) is 0 Å². The number of carbonyl (C=O) groups is 1. The molecule has 0 aliphatic rings. The highest BCUT2D eigenvalue weighted by Gasteiger charge is 2.15. The highest BCUT2D eigenvalue weighted by Crippen LogP contribution is 2.22. The zero-order chi connectivity index (χ0) is 18.7. The topological polar surface area (TPSA) is 76.9 Å². The second kappa shape index (κ2) is 7.61. The summed E-state index contributed by atoms with van der Waals surface area (Å²) in [5.41, 5.74) is 1.89. The summed E-state index contributed by atoms with van der Waals surface area (Å²) in [6, 6.07) is 11.2. The molecular formula is C19H20N4O2S. The van der Waals surface area contributed by atoms with E-state index in [2.05, 4.69) is 15.5 Å². The fourth-order valence-corrected chi connectivity index (χ4v) is 3.27. The lowest BCUT2D eigenvalue weighted by molar-refractivity contribution is 0.102. The van der Waals surface area contributed by atoms with Gasteiger partial charge in [-0.25, -0.2) is 0 Å². The first-order valence-corrected chi connectivity index (χ1v) is 9.15. The smallest absolute Gasteiger partial charge is 0.263 e. The van der Waals surface area contributed by atoms with Gasteiger partial charge in [-0.1, -0.05) is 55.0 Å². The van der Waals surface area contributed by atoms with Crippen LogP contribution >= 0.6 is 11.3 Å². The average molecular weight is 368 g/mol. The molecule has 2 aromatic heterocycles. The molecule has 2 heterocycles. The van der Waals surface area contributed by atoms with E-state index in [9.17, 15) is 9.59 Å². The van der Waals surface area contributed by atoms with Gasteiger partial charge in [-0.05, 0) is 24.6 Å². The molecule has 0 fully saturated rings. The van der Waals surface area contributed by atoms with Crippen LogP contribution in [0, 0.1) is 6.92 Å². The van der Waals surface area contributed by atoms with Gasteiger partial charge in [0.1, 0.15) is 10.6 Å². The highest BCUT2D eigenvalue weighted by molar-refractivity contribution is 7.15. The maximum Gasteiger partial charge on any atom is 0.263 e. The van der Waals surface area contributed by atoms with Gasteiger partial charge < -0.3 is 4.57 Å². The van der Waals surface area contributed by atoms with E-state index in [1.54, 1.807) is 12.3 Å². The highest BCUT2D eigenvalue weighted by atomic mass is 32.1. The Hall–Kier alpha value is -2.80. The number of aryl methyl sites for hydroxylation is 1. The Kier molecular flexibility index (Phi) is 5.27. The molecular weight excluding hydrogens is 348 g/mol. The molecule has 0 bridgehead atoms. The van der Waals surface area contributed by atoms with Gasteiger partial charge in [0.2, 0.25) is 5.13 Å². The Bertz CT molecular complexity index is 991. The quantitative estimate of drug-likeness (QED) is 0.748. The van der Waals surface area contributed by atoms with Crippen LogP contribution in [0.15, 0.2) is 47.4 Å². The molecule has 0 saturated heterocycles. The second-order valence-electron chi connectivity index (χ2n) is 6.40. The van der Waals surface area contributed by atoms with Gasteiger partial charge in [0.05, 0.1) is 6.54 Å². The van der Waals surface area contributed by atoms with E-state index < -0.39 is 5.91 Å². The fourth-order valence-electron chi connectivity index (χ4n) is 2.52. The number of nitrogens with zero attached hydrogens (tertiary/aromatic N) is 3. The molecule has 0 atom stereocenters. The first-order valence-electron chi connectivity index (χ1n) is 8.34. The van der Waals surface area contributed by atoms with Crippen LogP contribution < -0.4 is 10.9 Å². The van der Waals surface area contributed by atoms with Gasteiger partial charge in [0.25, 0.3) is 11.5 Å².